The molecule has 3 heterocycles. The highest BCUT2D eigenvalue weighted by atomic mass is 32.2. The van der Waals surface area contributed by atoms with Crippen LogP contribution < -0.4 is 5.32 Å². The van der Waals surface area contributed by atoms with Crippen LogP contribution in [0.3, 0.4) is 0 Å². The predicted octanol–water partition coefficient (Wildman–Crippen LogP) is 0.689. The fraction of sp³-hybridized carbons (Fsp3) is 0.842. The molecule has 0 aromatic carbocycles. The lowest BCUT2D eigenvalue weighted by atomic mass is 9.79. The van der Waals surface area contributed by atoms with E-state index in [0.29, 0.717) is 6.54 Å². The third-order valence-electron chi connectivity index (χ3n) is 6.56. The lowest BCUT2D eigenvalue weighted by Gasteiger charge is -2.47. The molecule has 0 spiro atoms. The van der Waals surface area contributed by atoms with Gasteiger partial charge in [0.15, 0.2) is 0 Å². The van der Waals surface area contributed by atoms with Crippen LogP contribution in [0.4, 0.5) is 0 Å². The number of β-lactam (4-membered cyclic amide) rings is 1. The molecule has 7 nitrogen and oxygen atoms in total. The van der Waals surface area contributed by atoms with Crippen LogP contribution in [-0.4, -0.2) is 69.1 Å². The maximum Gasteiger partial charge on any atom is 0.330 e. The van der Waals surface area contributed by atoms with E-state index >= 15 is 0 Å². The number of aliphatic hydroxyl groups excluding tert-OH is 1. The van der Waals surface area contributed by atoms with E-state index in [0.717, 1.165) is 32.1 Å². The quantitative estimate of drug-likeness (QED) is 0.524. The smallest absolute Gasteiger partial charge is 0.330 e. The van der Waals surface area contributed by atoms with E-state index in [1.807, 2.05) is 6.92 Å². The standard InChI is InChI=1S/C19H28N2O5S/c1-9-14-13(10(2)22)18(24)21(14)15(19(25)26-11-5-3-4-6-11)16(9)27-12-7-8-20-17(12)23/h9-16,22H,3-8H2,1-2H3,(H,20,23). The molecule has 4 fully saturated rings. The van der Waals surface area contributed by atoms with Crippen molar-refractivity contribution < 1.29 is 24.2 Å². The Morgan fingerprint density at radius 3 is 2.59 bits per heavy atom. The fourth-order valence-electron chi connectivity index (χ4n) is 5.17. The highest BCUT2D eigenvalue weighted by Crippen LogP contribution is 2.50. The molecular formula is C19H28N2O5S. The summed E-state index contributed by atoms with van der Waals surface area (Å²) < 4.78 is 5.75. The summed E-state index contributed by atoms with van der Waals surface area (Å²) in [7, 11) is 0. The average molecular weight is 397 g/mol. The van der Waals surface area contributed by atoms with Crippen molar-refractivity contribution in [3.63, 3.8) is 0 Å². The molecule has 3 aliphatic heterocycles. The molecule has 0 bridgehead atoms. The number of rotatable bonds is 5. The van der Waals surface area contributed by atoms with E-state index in [2.05, 4.69) is 5.32 Å². The van der Waals surface area contributed by atoms with Gasteiger partial charge in [0.05, 0.1) is 23.3 Å². The van der Waals surface area contributed by atoms with E-state index in [9.17, 15) is 19.5 Å². The van der Waals surface area contributed by atoms with Crippen LogP contribution in [0.25, 0.3) is 0 Å². The molecule has 150 valence electrons. The van der Waals surface area contributed by atoms with E-state index < -0.39 is 18.1 Å². The minimum absolute atomic E-state index is 0.00256. The molecule has 27 heavy (non-hydrogen) atoms. The minimum atomic E-state index is -0.744. The molecule has 0 aromatic heterocycles. The van der Waals surface area contributed by atoms with Gasteiger partial charge in [-0.05, 0) is 44.9 Å². The van der Waals surface area contributed by atoms with Gasteiger partial charge in [-0.2, -0.15) is 0 Å². The molecule has 7 unspecified atom stereocenters. The van der Waals surface area contributed by atoms with Gasteiger partial charge in [-0.1, -0.05) is 6.92 Å². The Morgan fingerprint density at radius 1 is 1.30 bits per heavy atom. The molecule has 2 N–H and O–H groups in total. The van der Waals surface area contributed by atoms with Crippen molar-refractivity contribution in [2.45, 2.75) is 80.7 Å². The van der Waals surface area contributed by atoms with Gasteiger partial charge < -0.3 is 20.1 Å². The largest absolute Gasteiger partial charge is 0.461 e. The number of carbonyl (C=O) groups excluding carboxylic acids is 3. The monoisotopic (exact) mass is 396 g/mol. The van der Waals surface area contributed by atoms with Crippen LogP contribution in [0.5, 0.6) is 0 Å². The average Bonchev–Trinajstić information content (AvgIpc) is 3.30. The summed E-state index contributed by atoms with van der Waals surface area (Å²) in [4.78, 5) is 39.4. The molecule has 3 saturated heterocycles. The first-order chi connectivity index (χ1) is 12.9. The number of esters is 1. The number of carbonyl (C=O) groups is 3. The molecular weight excluding hydrogens is 368 g/mol. The maximum absolute atomic E-state index is 13.0. The summed E-state index contributed by atoms with van der Waals surface area (Å²) in [5.41, 5.74) is 0. The molecule has 1 saturated carbocycles. The van der Waals surface area contributed by atoms with Gasteiger partial charge in [0, 0.05) is 11.8 Å². The Kier molecular flexibility index (Phi) is 5.14. The molecule has 2 amide bonds. The van der Waals surface area contributed by atoms with Crippen LogP contribution in [-0.2, 0) is 19.1 Å². The summed E-state index contributed by atoms with van der Waals surface area (Å²) >= 11 is 1.50. The summed E-state index contributed by atoms with van der Waals surface area (Å²) in [6.07, 6.45) is 3.82. The molecule has 0 radical (unpaired) electrons. The molecule has 0 aromatic rings. The lowest BCUT2D eigenvalue weighted by molar-refractivity contribution is -0.174. The number of aliphatic hydroxyl groups is 1. The third kappa shape index (κ3) is 3.14. The first-order valence-electron chi connectivity index (χ1n) is 10.0. The number of thioether (sulfide) groups is 1. The van der Waals surface area contributed by atoms with Gasteiger partial charge in [-0.15, -0.1) is 11.8 Å². The number of fused-ring (bicyclic) bond motifs is 1. The van der Waals surface area contributed by atoms with Gasteiger partial charge >= 0.3 is 5.97 Å². The summed E-state index contributed by atoms with van der Waals surface area (Å²) in [6.45, 7) is 4.30. The molecule has 1 aliphatic carbocycles. The Bertz CT molecular complexity index is 636. The Labute approximate surface area is 163 Å². The van der Waals surface area contributed by atoms with Crippen LogP contribution in [0, 0.1) is 11.8 Å². The number of amides is 2. The molecule has 8 heteroatoms. The van der Waals surface area contributed by atoms with Gasteiger partial charge in [0.25, 0.3) is 0 Å². The van der Waals surface area contributed by atoms with Crippen LogP contribution in [0.1, 0.15) is 46.0 Å². The Hall–Kier alpha value is -1.28. The second-order valence-corrected chi connectivity index (χ2v) is 9.70. The number of nitrogens with zero attached hydrogens (tertiary/aromatic N) is 1. The Morgan fingerprint density at radius 2 is 2.00 bits per heavy atom. The summed E-state index contributed by atoms with van der Waals surface area (Å²) in [5.74, 6) is -0.965. The topological polar surface area (TPSA) is 95.9 Å². The van der Waals surface area contributed by atoms with E-state index in [1.54, 1.807) is 11.8 Å². The first-order valence-corrected chi connectivity index (χ1v) is 11.0. The van der Waals surface area contributed by atoms with Crippen molar-refractivity contribution in [3.8, 4) is 0 Å². The van der Waals surface area contributed by atoms with Crippen molar-refractivity contribution in [1.29, 1.82) is 0 Å². The first kappa shape index (κ1) is 19.1. The van der Waals surface area contributed by atoms with Gasteiger partial charge in [-0.3, -0.25) is 9.59 Å². The SMILES string of the molecule is CC(O)C1C(=O)N2C(C(=O)OC3CCCC3)C(SC3CCNC3=O)C(C)C12. The zero-order valence-electron chi connectivity index (χ0n) is 15.8. The van der Waals surface area contributed by atoms with Crippen LogP contribution in [0.15, 0.2) is 0 Å². The number of hydrogen-bond donors (Lipinski definition) is 2. The Balaban J connectivity index is 1.56. The van der Waals surface area contributed by atoms with Crippen LogP contribution in [0.2, 0.25) is 0 Å². The van der Waals surface area contributed by atoms with Crippen molar-refractivity contribution in [2.24, 2.45) is 11.8 Å². The highest BCUT2D eigenvalue weighted by molar-refractivity contribution is 8.01. The highest BCUT2D eigenvalue weighted by Gasteiger charge is 2.65. The van der Waals surface area contributed by atoms with Crippen molar-refractivity contribution in [3.05, 3.63) is 0 Å². The predicted molar refractivity (Wildman–Crippen MR) is 99.9 cm³/mol. The van der Waals surface area contributed by atoms with E-state index in [-0.39, 0.29) is 46.3 Å². The second-order valence-electron chi connectivity index (χ2n) is 8.32. The number of ether oxygens (including phenoxy) is 1. The fourth-order valence-corrected chi connectivity index (χ4v) is 6.81. The summed E-state index contributed by atoms with van der Waals surface area (Å²) in [6, 6.07) is -0.827. The number of hydrogen-bond acceptors (Lipinski definition) is 6. The molecule has 4 aliphatic rings. The maximum atomic E-state index is 13.0. The normalized spacial score (nSPS) is 39.9. The van der Waals surface area contributed by atoms with Gasteiger partial charge in [0.2, 0.25) is 11.8 Å². The van der Waals surface area contributed by atoms with Gasteiger partial charge in [0.1, 0.15) is 12.1 Å². The second kappa shape index (κ2) is 7.28. The van der Waals surface area contributed by atoms with Crippen LogP contribution >= 0.6 is 11.8 Å². The summed E-state index contributed by atoms with van der Waals surface area (Å²) in [5, 5.41) is 12.5. The number of nitrogens with one attached hydrogen (secondary N) is 1. The van der Waals surface area contributed by atoms with Gasteiger partial charge in [-0.25, -0.2) is 4.79 Å². The zero-order valence-corrected chi connectivity index (χ0v) is 16.6. The van der Waals surface area contributed by atoms with E-state index in [4.69, 9.17) is 4.74 Å². The lowest BCUT2D eigenvalue weighted by Crippen LogP contribution is -2.66. The molecule has 4 rings (SSSR count). The third-order valence-corrected chi connectivity index (χ3v) is 8.34. The van der Waals surface area contributed by atoms with Crippen molar-refractivity contribution in [2.75, 3.05) is 6.54 Å². The van der Waals surface area contributed by atoms with Crippen molar-refractivity contribution in [1.82, 2.24) is 10.2 Å². The molecule has 7 atom stereocenters. The zero-order chi connectivity index (χ0) is 19.3. The minimum Gasteiger partial charge on any atom is -0.461 e. The van der Waals surface area contributed by atoms with E-state index in [1.165, 1.54) is 11.8 Å². The van der Waals surface area contributed by atoms with Crippen molar-refractivity contribution >= 4 is 29.5 Å².